The lowest BCUT2D eigenvalue weighted by molar-refractivity contribution is -0.116. The molecule has 0 spiro atoms. The van der Waals surface area contributed by atoms with Crippen LogP contribution in [0.2, 0.25) is 0 Å². The van der Waals surface area contributed by atoms with Crippen LogP contribution in [0.3, 0.4) is 0 Å². The van der Waals surface area contributed by atoms with E-state index >= 15 is 0 Å². The van der Waals surface area contributed by atoms with Crippen molar-refractivity contribution in [2.24, 2.45) is 5.92 Å². The van der Waals surface area contributed by atoms with Gasteiger partial charge >= 0.3 is 0 Å². The zero-order valence-corrected chi connectivity index (χ0v) is 8.92. The van der Waals surface area contributed by atoms with E-state index in [0.717, 1.165) is 6.54 Å². The number of likely N-dealkylation sites (N-methyl/N-ethyl adjacent to an activating group) is 1. The summed E-state index contributed by atoms with van der Waals surface area (Å²) in [6.07, 6.45) is 3.49. The molecule has 0 aliphatic carbocycles. The Morgan fingerprint density at radius 3 is 2.46 bits per heavy atom. The van der Waals surface area contributed by atoms with Crippen molar-refractivity contribution in [2.75, 3.05) is 13.6 Å². The molecule has 0 bridgehead atoms. The molecular weight excluding hydrogens is 164 g/mol. The number of carbonyl (C=O) groups excluding carboxylic acids is 1. The van der Waals surface area contributed by atoms with Gasteiger partial charge in [-0.1, -0.05) is 26.8 Å². The number of hydrogen-bond acceptors (Lipinski definition) is 2. The molecule has 0 saturated carbocycles. The van der Waals surface area contributed by atoms with Crippen LogP contribution >= 0.6 is 0 Å². The van der Waals surface area contributed by atoms with Gasteiger partial charge in [0.1, 0.15) is 0 Å². The van der Waals surface area contributed by atoms with Crippen LogP contribution in [0.15, 0.2) is 12.2 Å². The molecule has 1 atom stereocenters. The number of carbonyl (C=O) groups is 1. The van der Waals surface area contributed by atoms with Crippen molar-refractivity contribution in [1.29, 1.82) is 0 Å². The van der Waals surface area contributed by atoms with E-state index in [1.54, 1.807) is 13.1 Å². The summed E-state index contributed by atoms with van der Waals surface area (Å²) in [7, 11) is 1.63. The predicted octanol–water partition coefficient (Wildman–Crippen LogP) is 0.923. The first-order chi connectivity index (χ1) is 6.06. The van der Waals surface area contributed by atoms with Gasteiger partial charge in [0, 0.05) is 19.6 Å². The van der Waals surface area contributed by atoms with E-state index in [2.05, 4.69) is 31.4 Å². The van der Waals surface area contributed by atoms with Crippen LogP contribution in [0.4, 0.5) is 0 Å². The van der Waals surface area contributed by atoms with Crippen molar-refractivity contribution < 1.29 is 4.79 Å². The van der Waals surface area contributed by atoms with Crippen LogP contribution in [0.5, 0.6) is 0 Å². The molecule has 0 aromatic heterocycles. The Bertz CT molecular complexity index is 176. The second-order valence-electron chi connectivity index (χ2n) is 3.51. The Hall–Kier alpha value is -0.830. The van der Waals surface area contributed by atoms with Crippen LogP contribution < -0.4 is 10.6 Å². The number of nitrogens with one attached hydrogen (secondary N) is 2. The van der Waals surface area contributed by atoms with E-state index in [0.29, 0.717) is 12.0 Å². The van der Waals surface area contributed by atoms with Gasteiger partial charge in [-0.05, 0) is 12.0 Å². The van der Waals surface area contributed by atoms with E-state index < -0.39 is 0 Å². The molecule has 76 valence electrons. The minimum Gasteiger partial charge on any atom is -0.356 e. The van der Waals surface area contributed by atoms with Gasteiger partial charge < -0.3 is 10.6 Å². The maximum absolute atomic E-state index is 10.8. The molecular formula is C10H20N2O. The molecule has 3 heteroatoms. The molecule has 0 rings (SSSR count). The Morgan fingerprint density at radius 2 is 2.00 bits per heavy atom. The van der Waals surface area contributed by atoms with Gasteiger partial charge in [-0.25, -0.2) is 0 Å². The Labute approximate surface area is 80.6 Å². The first-order valence-corrected chi connectivity index (χ1v) is 4.69. The van der Waals surface area contributed by atoms with Crippen molar-refractivity contribution >= 4 is 5.91 Å². The largest absolute Gasteiger partial charge is 0.356 e. The zero-order valence-electron chi connectivity index (χ0n) is 8.92. The fourth-order valence-electron chi connectivity index (χ4n) is 0.825. The smallest absolute Gasteiger partial charge is 0.243 e. The van der Waals surface area contributed by atoms with E-state index in [4.69, 9.17) is 0 Å². The molecule has 0 aromatic carbocycles. The second-order valence-corrected chi connectivity index (χ2v) is 3.51. The normalized spacial score (nSPS) is 13.6. The summed E-state index contributed by atoms with van der Waals surface area (Å²) < 4.78 is 0. The van der Waals surface area contributed by atoms with Gasteiger partial charge in [0.25, 0.3) is 0 Å². The lowest BCUT2D eigenvalue weighted by atomic mass is 10.1. The van der Waals surface area contributed by atoms with Crippen LogP contribution in [0.25, 0.3) is 0 Å². The summed E-state index contributed by atoms with van der Waals surface area (Å²) in [5, 5.41) is 5.84. The SMILES string of the molecule is CNC(=O)C=CC(C)CNC(C)C. The van der Waals surface area contributed by atoms with Gasteiger partial charge in [-0.2, -0.15) is 0 Å². The van der Waals surface area contributed by atoms with E-state index in [-0.39, 0.29) is 5.91 Å². The molecule has 0 aliphatic heterocycles. The Morgan fingerprint density at radius 1 is 1.38 bits per heavy atom. The summed E-state index contributed by atoms with van der Waals surface area (Å²) in [5.74, 6) is 0.344. The van der Waals surface area contributed by atoms with Gasteiger partial charge in [0.2, 0.25) is 5.91 Å². The fourth-order valence-corrected chi connectivity index (χ4v) is 0.825. The molecule has 0 saturated heterocycles. The van der Waals surface area contributed by atoms with Gasteiger partial charge in [0.05, 0.1) is 0 Å². The third-order valence-corrected chi connectivity index (χ3v) is 1.67. The van der Waals surface area contributed by atoms with Crippen molar-refractivity contribution in [3.63, 3.8) is 0 Å². The molecule has 1 amide bonds. The minimum atomic E-state index is -0.0450. The average molecular weight is 184 g/mol. The monoisotopic (exact) mass is 184 g/mol. The summed E-state index contributed by atoms with van der Waals surface area (Å²) in [6, 6.07) is 0.496. The quantitative estimate of drug-likeness (QED) is 0.624. The summed E-state index contributed by atoms with van der Waals surface area (Å²) in [5.41, 5.74) is 0. The molecule has 0 radical (unpaired) electrons. The van der Waals surface area contributed by atoms with Crippen molar-refractivity contribution in [3.05, 3.63) is 12.2 Å². The zero-order chi connectivity index (χ0) is 10.3. The molecule has 3 nitrogen and oxygen atoms in total. The first kappa shape index (κ1) is 12.2. The summed E-state index contributed by atoms with van der Waals surface area (Å²) in [4.78, 5) is 10.8. The third kappa shape index (κ3) is 7.53. The standard InChI is InChI=1S/C10H20N2O/c1-8(2)12-7-9(3)5-6-10(13)11-4/h5-6,8-9,12H,7H2,1-4H3,(H,11,13). The fraction of sp³-hybridized carbons (Fsp3) is 0.700. The van der Waals surface area contributed by atoms with Gasteiger partial charge in [-0.15, -0.1) is 0 Å². The topological polar surface area (TPSA) is 41.1 Å². The predicted molar refractivity (Wildman–Crippen MR) is 55.5 cm³/mol. The van der Waals surface area contributed by atoms with Gasteiger partial charge in [0.15, 0.2) is 0 Å². The number of rotatable bonds is 5. The molecule has 13 heavy (non-hydrogen) atoms. The number of amides is 1. The van der Waals surface area contributed by atoms with Crippen molar-refractivity contribution in [3.8, 4) is 0 Å². The van der Waals surface area contributed by atoms with Crippen molar-refractivity contribution in [2.45, 2.75) is 26.8 Å². The van der Waals surface area contributed by atoms with Gasteiger partial charge in [-0.3, -0.25) is 4.79 Å². The first-order valence-electron chi connectivity index (χ1n) is 4.69. The molecule has 1 unspecified atom stereocenters. The maximum atomic E-state index is 10.8. The van der Waals surface area contributed by atoms with E-state index in [9.17, 15) is 4.79 Å². The van der Waals surface area contributed by atoms with E-state index in [1.807, 2.05) is 6.08 Å². The molecule has 0 heterocycles. The minimum absolute atomic E-state index is 0.0450. The van der Waals surface area contributed by atoms with Crippen LogP contribution in [0, 0.1) is 5.92 Å². The highest BCUT2D eigenvalue weighted by atomic mass is 16.1. The van der Waals surface area contributed by atoms with E-state index in [1.165, 1.54) is 0 Å². The highest BCUT2D eigenvalue weighted by molar-refractivity contribution is 5.87. The molecule has 0 fully saturated rings. The highest BCUT2D eigenvalue weighted by Gasteiger charge is 1.98. The average Bonchev–Trinajstić information content (AvgIpc) is 2.10. The Kier molecular flexibility index (Phi) is 6.24. The molecule has 2 N–H and O–H groups in total. The molecule has 0 aliphatic rings. The van der Waals surface area contributed by atoms with Crippen molar-refractivity contribution in [1.82, 2.24) is 10.6 Å². The highest BCUT2D eigenvalue weighted by Crippen LogP contribution is 1.95. The summed E-state index contributed by atoms with van der Waals surface area (Å²) >= 11 is 0. The summed E-state index contributed by atoms with van der Waals surface area (Å²) in [6.45, 7) is 7.20. The lowest BCUT2D eigenvalue weighted by Gasteiger charge is -2.10. The lowest BCUT2D eigenvalue weighted by Crippen LogP contribution is -2.27. The Balaban J connectivity index is 3.67. The second kappa shape index (κ2) is 6.66. The molecule has 0 aromatic rings. The third-order valence-electron chi connectivity index (χ3n) is 1.67. The van der Waals surface area contributed by atoms with Crippen LogP contribution in [0.1, 0.15) is 20.8 Å². The number of hydrogen-bond donors (Lipinski definition) is 2. The maximum Gasteiger partial charge on any atom is 0.243 e. The van der Waals surface area contributed by atoms with Crippen LogP contribution in [-0.4, -0.2) is 25.5 Å². The van der Waals surface area contributed by atoms with Crippen LogP contribution in [-0.2, 0) is 4.79 Å².